The summed E-state index contributed by atoms with van der Waals surface area (Å²) >= 11 is 4.85. The van der Waals surface area contributed by atoms with Crippen molar-refractivity contribution in [1.82, 2.24) is 10.6 Å². The van der Waals surface area contributed by atoms with Crippen molar-refractivity contribution >= 4 is 39.3 Å². The van der Waals surface area contributed by atoms with E-state index in [1.807, 2.05) is 12.1 Å². The third kappa shape index (κ3) is 6.36. The number of carbonyl (C=O) groups excluding carboxylic acids is 1. The zero-order valence-corrected chi connectivity index (χ0v) is 13.4. The van der Waals surface area contributed by atoms with E-state index in [4.69, 9.17) is 9.84 Å². The summed E-state index contributed by atoms with van der Waals surface area (Å²) in [6.07, 6.45) is 0.909. The van der Waals surface area contributed by atoms with Crippen molar-refractivity contribution in [3.8, 4) is 0 Å². The SMILES string of the molecule is COCCCC(NC(=O)NCc1ccc(Br)s1)C(=O)O. The molecule has 112 valence electrons. The number of urea groups is 1. The molecule has 1 aromatic rings. The molecule has 1 rings (SSSR count). The number of rotatable bonds is 8. The Balaban J connectivity index is 2.35. The Morgan fingerprint density at radius 3 is 2.80 bits per heavy atom. The second kappa shape index (κ2) is 8.93. The van der Waals surface area contributed by atoms with Gasteiger partial charge in [0.15, 0.2) is 0 Å². The molecular weight excluding hydrogens is 348 g/mol. The van der Waals surface area contributed by atoms with E-state index in [0.717, 1.165) is 8.66 Å². The van der Waals surface area contributed by atoms with Gasteiger partial charge < -0.3 is 20.5 Å². The highest BCUT2D eigenvalue weighted by Crippen LogP contribution is 2.21. The van der Waals surface area contributed by atoms with Gasteiger partial charge in [0.1, 0.15) is 6.04 Å². The predicted molar refractivity (Wildman–Crippen MR) is 79.9 cm³/mol. The van der Waals surface area contributed by atoms with E-state index in [1.54, 1.807) is 7.11 Å². The van der Waals surface area contributed by atoms with Crippen molar-refractivity contribution in [3.63, 3.8) is 0 Å². The third-order valence-corrected chi connectivity index (χ3v) is 4.12. The van der Waals surface area contributed by atoms with Crippen molar-refractivity contribution in [3.05, 3.63) is 20.8 Å². The van der Waals surface area contributed by atoms with Gasteiger partial charge in [0.2, 0.25) is 0 Å². The van der Waals surface area contributed by atoms with Crippen molar-refractivity contribution in [2.24, 2.45) is 0 Å². The first-order chi connectivity index (χ1) is 9.52. The van der Waals surface area contributed by atoms with Crippen LogP contribution in [0.1, 0.15) is 17.7 Å². The number of carboxylic acids is 1. The molecule has 6 nitrogen and oxygen atoms in total. The van der Waals surface area contributed by atoms with Crippen LogP contribution in [0.15, 0.2) is 15.9 Å². The molecule has 0 spiro atoms. The highest BCUT2D eigenvalue weighted by atomic mass is 79.9. The lowest BCUT2D eigenvalue weighted by molar-refractivity contribution is -0.139. The number of carbonyl (C=O) groups is 2. The monoisotopic (exact) mass is 364 g/mol. The fourth-order valence-electron chi connectivity index (χ4n) is 1.51. The highest BCUT2D eigenvalue weighted by Gasteiger charge is 2.19. The van der Waals surface area contributed by atoms with Gasteiger partial charge in [0, 0.05) is 18.6 Å². The lowest BCUT2D eigenvalue weighted by Crippen LogP contribution is -2.45. The lowest BCUT2D eigenvalue weighted by Gasteiger charge is -2.14. The molecule has 2 amide bonds. The Hall–Kier alpha value is -1.12. The largest absolute Gasteiger partial charge is 0.480 e. The van der Waals surface area contributed by atoms with Gasteiger partial charge in [-0.15, -0.1) is 11.3 Å². The average molecular weight is 365 g/mol. The van der Waals surface area contributed by atoms with Crippen molar-refractivity contribution in [1.29, 1.82) is 0 Å². The maximum Gasteiger partial charge on any atom is 0.326 e. The number of amides is 2. The number of methoxy groups -OCH3 is 1. The van der Waals surface area contributed by atoms with Gasteiger partial charge in [0.25, 0.3) is 0 Å². The number of hydrogen-bond donors (Lipinski definition) is 3. The molecule has 1 unspecified atom stereocenters. The van der Waals surface area contributed by atoms with Crippen LogP contribution in [0.4, 0.5) is 4.79 Å². The van der Waals surface area contributed by atoms with Crippen LogP contribution in [0.25, 0.3) is 0 Å². The van der Waals surface area contributed by atoms with Crippen LogP contribution in [0.5, 0.6) is 0 Å². The molecule has 1 aromatic heterocycles. The molecule has 3 N–H and O–H groups in total. The Kier molecular flexibility index (Phi) is 7.56. The Bertz CT molecular complexity index is 452. The average Bonchev–Trinajstić information content (AvgIpc) is 2.81. The van der Waals surface area contributed by atoms with E-state index in [2.05, 4.69) is 26.6 Å². The van der Waals surface area contributed by atoms with Crippen LogP contribution in [0.2, 0.25) is 0 Å². The molecule has 20 heavy (non-hydrogen) atoms. The maximum absolute atomic E-state index is 11.6. The van der Waals surface area contributed by atoms with Crippen molar-refractivity contribution in [2.45, 2.75) is 25.4 Å². The van der Waals surface area contributed by atoms with Crippen LogP contribution in [0, 0.1) is 0 Å². The molecule has 0 aliphatic carbocycles. The smallest absolute Gasteiger partial charge is 0.326 e. The predicted octanol–water partition coefficient (Wildman–Crippen LogP) is 2.19. The minimum atomic E-state index is -1.05. The molecule has 1 heterocycles. The molecule has 0 fully saturated rings. The van der Waals surface area contributed by atoms with Gasteiger partial charge in [0.05, 0.1) is 10.3 Å². The van der Waals surface area contributed by atoms with Crippen LogP contribution in [-0.2, 0) is 16.1 Å². The molecule has 0 saturated carbocycles. The molecule has 8 heteroatoms. The molecule has 1 atom stereocenters. The van der Waals surface area contributed by atoms with Crippen molar-refractivity contribution in [2.75, 3.05) is 13.7 Å². The van der Waals surface area contributed by atoms with Crippen LogP contribution >= 0.6 is 27.3 Å². The van der Waals surface area contributed by atoms with Crippen molar-refractivity contribution < 1.29 is 19.4 Å². The summed E-state index contributed by atoms with van der Waals surface area (Å²) in [6, 6.07) is 2.40. The Morgan fingerprint density at radius 2 is 2.25 bits per heavy atom. The molecule has 0 aliphatic heterocycles. The van der Waals surface area contributed by atoms with Crippen LogP contribution < -0.4 is 10.6 Å². The van der Waals surface area contributed by atoms with Gasteiger partial charge >= 0.3 is 12.0 Å². The van der Waals surface area contributed by atoms with Crippen LogP contribution in [-0.4, -0.2) is 36.9 Å². The first-order valence-corrected chi connectivity index (χ1v) is 7.64. The summed E-state index contributed by atoms with van der Waals surface area (Å²) in [6.45, 7) is 0.836. The third-order valence-electron chi connectivity index (χ3n) is 2.50. The number of thiophene rings is 1. The molecular formula is C12H17BrN2O4S. The van der Waals surface area contributed by atoms with Gasteiger partial charge in [-0.2, -0.15) is 0 Å². The van der Waals surface area contributed by atoms with Crippen LogP contribution in [0.3, 0.4) is 0 Å². The number of halogens is 1. The Morgan fingerprint density at radius 1 is 1.50 bits per heavy atom. The minimum Gasteiger partial charge on any atom is -0.480 e. The van der Waals surface area contributed by atoms with E-state index in [0.29, 0.717) is 26.0 Å². The second-order valence-corrected chi connectivity index (χ2v) is 6.61. The van der Waals surface area contributed by atoms with E-state index in [-0.39, 0.29) is 0 Å². The molecule has 0 radical (unpaired) electrons. The first-order valence-electron chi connectivity index (χ1n) is 6.03. The lowest BCUT2D eigenvalue weighted by atomic mass is 10.1. The van der Waals surface area contributed by atoms with Gasteiger partial charge in [-0.1, -0.05) is 0 Å². The van der Waals surface area contributed by atoms with E-state index in [9.17, 15) is 9.59 Å². The van der Waals surface area contributed by atoms with Gasteiger partial charge in [-0.3, -0.25) is 0 Å². The maximum atomic E-state index is 11.6. The highest BCUT2D eigenvalue weighted by molar-refractivity contribution is 9.11. The summed E-state index contributed by atoms with van der Waals surface area (Å²) in [5.41, 5.74) is 0. The van der Waals surface area contributed by atoms with Gasteiger partial charge in [-0.05, 0) is 40.9 Å². The standard InChI is InChI=1S/C12H17BrN2O4S/c1-19-6-2-3-9(11(16)17)15-12(18)14-7-8-4-5-10(13)20-8/h4-5,9H,2-3,6-7H2,1H3,(H,16,17)(H2,14,15,18). The normalized spacial score (nSPS) is 11.9. The van der Waals surface area contributed by atoms with E-state index >= 15 is 0 Å². The quantitative estimate of drug-likeness (QED) is 0.617. The Labute approximate surface area is 129 Å². The summed E-state index contributed by atoms with van der Waals surface area (Å²) in [7, 11) is 1.55. The molecule has 0 bridgehead atoms. The number of ether oxygens (including phenoxy) is 1. The number of nitrogens with one attached hydrogen (secondary N) is 2. The van der Waals surface area contributed by atoms with E-state index < -0.39 is 18.0 Å². The summed E-state index contributed by atoms with van der Waals surface area (Å²) < 4.78 is 5.84. The summed E-state index contributed by atoms with van der Waals surface area (Å²) in [5.74, 6) is -1.05. The topological polar surface area (TPSA) is 87.7 Å². The summed E-state index contributed by atoms with van der Waals surface area (Å²) in [5, 5.41) is 14.1. The molecule has 0 aromatic carbocycles. The number of carboxylic acid groups (broad SMARTS) is 1. The first kappa shape index (κ1) is 16.9. The second-order valence-electron chi connectivity index (χ2n) is 4.06. The zero-order chi connectivity index (χ0) is 15.0. The fraction of sp³-hybridized carbons (Fsp3) is 0.500. The van der Waals surface area contributed by atoms with Gasteiger partial charge in [-0.25, -0.2) is 9.59 Å². The molecule has 0 aliphatic rings. The fourth-order valence-corrected chi connectivity index (χ4v) is 2.94. The number of aliphatic carboxylic acids is 1. The summed E-state index contributed by atoms with van der Waals surface area (Å²) in [4.78, 5) is 23.7. The van der Waals surface area contributed by atoms with E-state index in [1.165, 1.54) is 11.3 Å². The molecule has 0 saturated heterocycles. The number of hydrogen-bond acceptors (Lipinski definition) is 4. The zero-order valence-electron chi connectivity index (χ0n) is 11.0. The minimum absolute atomic E-state index is 0.334.